The van der Waals surface area contributed by atoms with Gasteiger partial charge in [0.25, 0.3) is 0 Å². The van der Waals surface area contributed by atoms with Gasteiger partial charge in [0.1, 0.15) is 18.0 Å². The predicted molar refractivity (Wildman–Crippen MR) is 90.5 cm³/mol. The van der Waals surface area contributed by atoms with Crippen molar-refractivity contribution in [3.63, 3.8) is 0 Å². The van der Waals surface area contributed by atoms with Gasteiger partial charge in [-0.25, -0.2) is 9.97 Å². The molecule has 0 aromatic carbocycles. The minimum absolute atomic E-state index is 0.182. The van der Waals surface area contributed by atoms with Crippen molar-refractivity contribution >= 4 is 29.3 Å². The van der Waals surface area contributed by atoms with Crippen LogP contribution >= 0.6 is 11.8 Å². The molecular weight excluding hydrogens is 298 g/mol. The van der Waals surface area contributed by atoms with Gasteiger partial charge in [-0.1, -0.05) is 0 Å². The maximum Gasteiger partial charge on any atom is 0.222 e. The highest BCUT2D eigenvalue weighted by molar-refractivity contribution is 7.99. The Morgan fingerprint density at radius 1 is 1.32 bits per heavy atom. The first-order chi connectivity index (χ1) is 10.7. The summed E-state index contributed by atoms with van der Waals surface area (Å²) in [6.07, 6.45) is 3.29. The van der Waals surface area contributed by atoms with Gasteiger partial charge in [-0.3, -0.25) is 4.79 Å². The molecular formula is C15H23N5OS. The standard InChI is InChI=1S/C15H23N5OS/c1-12(10-20-4-2-3-15(20)21)18-13-9-14(17-11-16-13)19-5-7-22-8-6-19/h9,11-12H,2-8,10H2,1H3,(H,16,17,18). The molecule has 0 spiro atoms. The number of rotatable bonds is 5. The number of likely N-dealkylation sites (tertiary alicyclic amines) is 1. The van der Waals surface area contributed by atoms with Crippen LogP contribution in [0.15, 0.2) is 12.4 Å². The zero-order chi connectivity index (χ0) is 15.4. The Morgan fingerprint density at radius 2 is 2.14 bits per heavy atom. The summed E-state index contributed by atoms with van der Waals surface area (Å²) >= 11 is 1.99. The van der Waals surface area contributed by atoms with Gasteiger partial charge < -0.3 is 15.1 Å². The summed E-state index contributed by atoms with van der Waals surface area (Å²) in [6, 6.07) is 2.19. The quantitative estimate of drug-likeness (QED) is 0.886. The van der Waals surface area contributed by atoms with Crippen molar-refractivity contribution in [1.29, 1.82) is 0 Å². The molecule has 1 atom stereocenters. The van der Waals surface area contributed by atoms with E-state index in [-0.39, 0.29) is 11.9 Å². The summed E-state index contributed by atoms with van der Waals surface area (Å²) in [5.74, 6) is 4.40. The SMILES string of the molecule is CC(CN1CCCC1=O)Nc1cc(N2CCSCC2)ncn1. The topological polar surface area (TPSA) is 61.4 Å². The summed E-state index contributed by atoms with van der Waals surface area (Å²) in [5.41, 5.74) is 0. The first-order valence-electron chi connectivity index (χ1n) is 7.91. The van der Waals surface area contributed by atoms with E-state index in [0.717, 1.165) is 55.7 Å². The second kappa shape index (κ2) is 7.17. The average molecular weight is 321 g/mol. The van der Waals surface area contributed by atoms with Crippen molar-refractivity contribution in [2.45, 2.75) is 25.8 Å². The van der Waals surface area contributed by atoms with Crippen molar-refractivity contribution in [3.05, 3.63) is 12.4 Å². The molecule has 1 amide bonds. The molecule has 1 N–H and O–H groups in total. The van der Waals surface area contributed by atoms with Crippen molar-refractivity contribution in [3.8, 4) is 0 Å². The van der Waals surface area contributed by atoms with Crippen LogP contribution in [0.2, 0.25) is 0 Å². The first-order valence-corrected chi connectivity index (χ1v) is 9.07. The van der Waals surface area contributed by atoms with Gasteiger partial charge in [-0.05, 0) is 13.3 Å². The van der Waals surface area contributed by atoms with Crippen molar-refractivity contribution in [2.24, 2.45) is 0 Å². The van der Waals surface area contributed by atoms with Gasteiger partial charge >= 0.3 is 0 Å². The van der Waals surface area contributed by atoms with Crippen LogP contribution in [0.5, 0.6) is 0 Å². The molecule has 0 saturated carbocycles. The van der Waals surface area contributed by atoms with E-state index in [0.29, 0.717) is 6.42 Å². The molecule has 0 bridgehead atoms. The second-order valence-electron chi connectivity index (χ2n) is 5.85. The number of hydrogen-bond donors (Lipinski definition) is 1. The Balaban J connectivity index is 1.58. The molecule has 3 heterocycles. The maximum absolute atomic E-state index is 11.7. The fraction of sp³-hybridized carbons (Fsp3) is 0.667. The minimum atomic E-state index is 0.182. The van der Waals surface area contributed by atoms with Crippen LogP contribution in [0.1, 0.15) is 19.8 Å². The van der Waals surface area contributed by atoms with E-state index in [4.69, 9.17) is 0 Å². The molecule has 7 heteroatoms. The number of nitrogens with zero attached hydrogens (tertiary/aromatic N) is 4. The molecule has 0 aliphatic carbocycles. The second-order valence-corrected chi connectivity index (χ2v) is 7.07. The van der Waals surface area contributed by atoms with Crippen LogP contribution in [0, 0.1) is 0 Å². The van der Waals surface area contributed by atoms with E-state index in [1.165, 1.54) is 0 Å². The molecule has 2 fully saturated rings. The average Bonchev–Trinajstić information content (AvgIpc) is 2.93. The van der Waals surface area contributed by atoms with Gasteiger partial charge in [0.15, 0.2) is 0 Å². The smallest absolute Gasteiger partial charge is 0.222 e. The lowest BCUT2D eigenvalue weighted by molar-refractivity contribution is -0.127. The molecule has 1 unspecified atom stereocenters. The van der Waals surface area contributed by atoms with Crippen LogP contribution in [-0.2, 0) is 4.79 Å². The number of carbonyl (C=O) groups is 1. The Bertz CT molecular complexity index is 520. The predicted octanol–water partition coefficient (Wildman–Crippen LogP) is 1.45. The zero-order valence-electron chi connectivity index (χ0n) is 13.0. The number of hydrogen-bond acceptors (Lipinski definition) is 6. The molecule has 1 aromatic rings. The largest absolute Gasteiger partial charge is 0.366 e. The zero-order valence-corrected chi connectivity index (χ0v) is 13.8. The van der Waals surface area contributed by atoms with Crippen LogP contribution in [0.4, 0.5) is 11.6 Å². The molecule has 120 valence electrons. The third-order valence-corrected chi connectivity index (χ3v) is 4.99. The minimum Gasteiger partial charge on any atom is -0.366 e. The lowest BCUT2D eigenvalue weighted by Crippen LogP contribution is -2.36. The van der Waals surface area contributed by atoms with Crippen LogP contribution < -0.4 is 10.2 Å². The Hall–Kier alpha value is -1.50. The van der Waals surface area contributed by atoms with E-state index < -0.39 is 0 Å². The Kier molecular flexibility index (Phi) is 5.02. The molecule has 3 rings (SSSR count). The van der Waals surface area contributed by atoms with E-state index in [1.807, 2.05) is 22.7 Å². The van der Waals surface area contributed by atoms with E-state index in [1.54, 1.807) is 6.33 Å². The molecule has 2 aliphatic rings. The number of anilines is 2. The third-order valence-electron chi connectivity index (χ3n) is 4.05. The van der Waals surface area contributed by atoms with Crippen LogP contribution in [0.25, 0.3) is 0 Å². The van der Waals surface area contributed by atoms with Gasteiger partial charge in [0.2, 0.25) is 5.91 Å². The first kappa shape index (κ1) is 15.4. The summed E-state index contributed by atoms with van der Waals surface area (Å²) < 4.78 is 0. The van der Waals surface area contributed by atoms with E-state index in [2.05, 4.69) is 27.1 Å². The highest BCUT2D eigenvalue weighted by Gasteiger charge is 2.22. The van der Waals surface area contributed by atoms with Gasteiger partial charge in [-0.2, -0.15) is 11.8 Å². The summed E-state index contributed by atoms with van der Waals surface area (Å²) in [4.78, 5) is 24.6. The third kappa shape index (κ3) is 3.82. The number of amides is 1. The fourth-order valence-electron chi connectivity index (χ4n) is 2.92. The summed E-state index contributed by atoms with van der Waals surface area (Å²) in [7, 11) is 0. The van der Waals surface area contributed by atoms with Gasteiger partial charge in [0, 0.05) is 56.2 Å². The highest BCUT2D eigenvalue weighted by atomic mass is 32.2. The number of carbonyl (C=O) groups excluding carboxylic acids is 1. The van der Waals surface area contributed by atoms with Crippen LogP contribution in [-0.4, -0.2) is 64.5 Å². The summed E-state index contributed by atoms with van der Waals surface area (Å²) in [6.45, 7) is 5.78. The van der Waals surface area contributed by atoms with Gasteiger partial charge in [0.05, 0.1) is 0 Å². The lowest BCUT2D eigenvalue weighted by atomic mass is 10.3. The summed E-state index contributed by atoms with van der Waals surface area (Å²) in [5, 5.41) is 3.39. The molecule has 2 saturated heterocycles. The molecule has 0 radical (unpaired) electrons. The normalized spacial score (nSPS) is 20.3. The van der Waals surface area contributed by atoms with Gasteiger partial charge in [-0.15, -0.1) is 0 Å². The van der Waals surface area contributed by atoms with E-state index in [9.17, 15) is 4.79 Å². The molecule has 22 heavy (non-hydrogen) atoms. The lowest BCUT2D eigenvalue weighted by Gasteiger charge is -2.28. The fourth-order valence-corrected chi connectivity index (χ4v) is 3.82. The molecule has 1 aromatic heterocycles. The van der Waals surface area contributed by atoms with E-state index >= 15 is 0 Å². The van der Waals surface area contributed by atoms with Crippen molar-refractivity contribution in [1.82, 2.24) is 14.9 Å². The highest BCUT2D eigenvalue weighted by Crippen LogP contribution is 2.19. The molecule has 2 aliphatic heterocycles. The molecule has 6 nitrogen and oxygen atoms in total. The van der Waals surface area contributed by atoms with Crippen molar-refractivity contribution < 1.29 is 4.79 Å². The Labute approximate surface area is 135 Å². The van der Waals surface area contributed by atoms with Crippen molar-refractivity contribution in [2.75, 3.05) is 47.9 Å². The van der Waals surface area contributed by atoms with Crippen LogP contribution in [0.3, 0.4) is 0 Å². The number of nitrogens with one attached hydrogen (secondary N) is 1. The number of thioether (sulfide) groups is 1. The Morgan fingerprint density at radius 3 is 2.86 bits per heavy atom. The monoisotopic (exact) mass is 321 g/mol. The maximum atomic E-state index is 11.7. The number of aromatic nitrogens is 2.